The van der Waals surface area contributed by atoms with Gasteiger partial charge in [0.15, 0.2) is 0 Å². The first-order valence-electron chi connectivity index (χ1n) is 8.53. The predicted molar refractivity (Wildman–Crippen MR) is 89.6 cm³/mol. The van der Waals surface area contributed by atoms with Crippen molar-refractivity contribution in [1.29, 1.82) is 0 Å². The maximum atomic E-state index is 7.94. The van der Waals surface area contributed by atoms with E-state index in [1.165, 1.54) is 51.4 Å². The molecule has 0 aliphatic heterocycles. The Bertz CT molecular complexity index is 189. The van der Waals surface area contributed by atoms with Crippen LogP contribution in [0.4, 0.5) is 0 Å². The van der Waals surface area contributed by atoms with Gasteiger partial charge in [-0.2, -0.15) is 0 Å². The summed E-state index contributed by atoms with van der Waals surface area (Å²) in [4.78, 5) is 0. The van der Waals surface area contributed by atoms with Crippen molar-refractivity contribution in [2.45, 2.75) is 58.3 Å². The van der Waals surface area contributed by atoms with Crippen LogP contribution in [0.1, 0.15) is 58.3 Å². The van der Waals surface area contributed by atoms with Gasteiger partial charge in [-0.1, -0.05) is 31.8 Å². The fraction of sp³-hybridized carbons (Fsp3) is 0.889. The molecule has 0 unspecified atom stereocenters. The average Bonchev–Trinajstić information content (AvgIpc) is 3.14. The summed E-state index contributed by atoms with van der Waals surface area (Å²) in [5, 5.41) is 7.94. The lowest BCUT2D eigenvalue weighted by Gasteiger charge is -2.13. The number of allylic oxidation sites excluding steroid dienone is 1. The van der Waals surface area contributed by atoms with Crippen molar-refractivity contribution >= 4 is 0 Å². The second-order valence-electron chi connectivity index (χ2n) is 5.96. The number of methoxy groups -OCH3 is 1. The van der Waals surface area contributed by atoms with Crippen molar-refractivity contribution in [3.63, 3.8) is 0 Å². The molecule has 0 radical (unpaired) electrons. The highest BCUT2D eigenvalue weighted by Crippen LogP contribution is 2.27. The highest BCUT2D eigenvalue weighted by Gasteiger charge is 2.18. The summed E-state index contributed by atoms with van der Waals surface area (Å²) in [5.41, 5.74) is 0. The molecule has 0 aromatic carbocycles. The van der Waals surface area contributed by atoms with Crippen molar-refractivity contribution in [1.82, 2.24) is 0 Å². The van der Waals surface area contributed by atoms with E-state index in [0.29, 0.717) is 6.61 Å². The van der Waals surface area contributed by atoms with Gasteiger partial charge in [0, 0.05) is 20.3 Å². The van der Waals surface area contributed by atoms with Crippen LogP contribution in [0.25, 0.3) is 0 Å². The average molecular weight is 300 g/mol. The Balaban J connectivity index is 0.000000422. The fourth-order valence-electron chi connectivity index (χ4n) is 2.85. The molecule has 0 bridgehead atoms. The Kier molecular flexibility index (Phi) is 15.7. The Morgan fingerprint density at radius 3 is 1.62 bits per heavy atom. The minimum atomic E-state index is 0.122. The minimum Gasteiger partial charge on any atom is -0.394 e. The zero-order valence-electron chi connectivity index (χ0n) is 14.2. The number of ether oxygens (including phenoxy) is 2. The van der Waals surface area contributed by atoms with Gasteiger partial charge in [-0.3, -0.25) is 0 Å². The van der Waals surface area contributed by atoms with Crippen LogP contribution in [0.3, 0.4) is 0 Å². The van der Waals surface area contributed by atoms with Gasteiger partial charge in [0.05, 0.1) is 13.2 Å². The molecule has 126 valence electrons. The van der Waals surface area contributed by atoms with Crippen LogP contribution in [0.15, 0.2) is 12.7 Å². The molecule has 0 amide bonds. The monoisotopic (exact) mass is 300 g/mol. The summed E-state index contributed by atoms with van der Waals surface area (Å²) in [5.74, 6) is 1.81. The predicted octanol–water partition coefficient (Wildman–Crippen LogP) is 4.20. The molecule has 3 nitrogen and oxygen atoms in total. The molecule has 2 saturated carbocycles. The minimum absolute atomic E-state index is 0.122. The van der Waals surface area contributed by atoms with Gasteiger partial charge in [-0.15, -0.1) is 6.58 Å². The van der Waals surface area contributed by atoms with E-state index in [-0.39, 0.29) is 6.61 Å². The van der Waals surface area contributed by atoms with Crippen LogP contribution >= 0.6 is 0 Å². The van der Waals surface area contributed by atoms with Crippen LogP contribution < -0.4 is 0 Å². The van der Waals surface area contributed by atoms with Gasteiger partial charge in [-0.05, 0) is 44.4 Å². The summed E-state index contributed by atoms with van der Waals surface area (Å²) >= 11 is 0. The van der Waals surface area contributed by atoms with Gasteiger partial charge >= 0.3 is 0 Å². The topological polar surface area (TPSA) is 38.7 Å². The van der Waals surface area contributed by atoms with Crippen molar-refractivity contribution in [2.75, 3.05) is 33.5 Å². The molecule has 2 aliphatic carbocycles. The summed E-state index contributed by atoms with van der Waals surface area (Å²) in [6.07, 6.45) is 13.2. The van der Waals surface area contributed by atoms with Crippen LogP contribution in [-0.2, 0) is 9.47 Å². The SMILES string of the molecule is C1CCC(COCC2CCCC2)C1.C=CC.COCCO. The molecule has 1 N–H and O–H groups in total. The van der Waals surface area contributed by atoms with Gasteiger partial charge in [-0.25, -0.2) is 0 Å². The molecule has 2 rings (SSSR count). The number of aliphatic hydroxyl groups is 1. The second kappa shape index (κ2) is 16.0. The van der Waals surface area contributed by atoms with E-state index >= 15 is 0 Å². The first-order valence-corrected chi connectivity index (χ1v) is 8.53. The fourth-order valence-corrected chi connectivity index (χ4v) is 2.85. The quantitative estimate of drug-likeness (QED) is 0.747. The number of aliphatic hydroxyl groups excluding tert-OH is 1. The number of hydrogen-bond acceptors (Lipinski definition) is 3. The largest absolute Gasteiger partial charge is 0.394 e. The maximum absolute atomic E-state index is 7.94. The second-order valence-corrected chi connectivity index (χ2v) is 5.96. The van der Waals surface area contributed by atoms with Crippen LogP contribution in [0, 0.1) is 11.8 Å². The van der Waals surface area contributed by atoms with E-state index in [0.717, 1.165) is 25.0 Å². The third-order valence-corrected chi connectivity index (χ3v) is 3.95. The lowest BCUT2D eigenvalue weighted by Crippen LogP contribution is -2.11. The van der Waals surface area contributed by atoms with Gasteiger partial charge in [0.2, 0.25) is 0 Å². The van der Waals surface area contributed by atoms with Gasteiger partial charge in [0.25, 0.3) is 0 Å². The third kappa shape index (κ3) is 13.0. The molecular formula is C18H36O3. The third-order valence-electron chi connectivity index (χ3n) is 3.95. The molecule has 3 heteroatoms. The normalized spacial score (nSPS) is 18.6. The number of rotatable bonds is 6. The molecule has 0 heterocycles. The van der Waals surface area contributed by atoms with Gasteiger partial charge < -0.3 is 14.6 Å². The first kappa shape index (κ1) is 20.6. The highest BCUT2D eigenvalue weighted by atomic mass is 16.5. The van der Waals surface area contributed by atoms with Crippen molar-refractivity contribution in [3.05, 3.63) is 12.7 Å². The molecular weight excluding hydrogens is 264 g/mol. The van der Waals surface area contributed by atoms with Crippen molar-refractivity contribution in [3.8, 4) is 0 Å². The van der Waals surface area contributed by atoms with Crippen LogP contribution in [0.2, 0.25) is 0 Å². The van der Waals surface area contributed by atoms with E-state index < -0.39 is 0 Å². The molecule has 2 aliphatic rings. The van der Waals surface area contributed by atoms with Gasteiger partial charge in [0.1, 0.15) is 0 Å². The highest BCUT2D eigenvalue weighted by molar-refractivity contribution is 4.69. The smallest absolute Gasteiger partial charge is 0.0693 e. The summed E-state index contributed by atoms with van der Waals surface area (Å²) in [6.45, 7) is 7.92. The Morgan fingerprint density at radius 1 is 1.00 bits per heavy atom. The van der Waals surface area contributed by atoms with E-state index in [1.807, 2.05) is 6.92 Å². The van der Waals surface area contributed by atoms with Crippen LogP contribution in [0.5, 0.6) is 0 Å². The van der Waals surface area contributed by atoms with E-state index in [9.17, 15) is 0 Å². The Hall–Kier alpha value is -0.380. The molecule has 0 aromatic heterocycles. The molecule has 0 aromatic rings. The van der Waals surface area contributed by atoms with Crippen LogP contribution in [-0.4, -0.2) is 38.6 Å². The van der Waals surface area contributed by atoms with E-state index in [1.54, 1.807) is 13.2 Å². The molecule has 0 atom stereocenters. The van der Waals surface area contributed by atoms with Crippen molar-refractivity contribution in [2.24, 2.45) is 11.8 Å². The molecule has 0 saturated heterocycles. The summed E-state index contributed by atoms with van der Waals surface area (Å²) in [6, 6.07) is 0. The lowest BCUT2D eigenvalue weighted by atomic mass is 10.1. The summed E-state index contributed by atoms with van der Waals surface area (Å²) in [7, 11) is 1.55. The first-order chi connectivity index (χ1) is 10.3. The lowest BCUT2D eigenvalue weighted by molar-refractivity contribution is 0.0743. The van der Waals surface area contributed by atoms with E-state index in [4.69, 9.17) is 9.84 Å². The zero-order valence-corrected chi connectivity index (χ0v) is 14.2. The molecule has 2 fully saturated rings. The number of hydrogen-bond donors (Lipinski definition) is 1. The van der Waals surface area contributed by atoms with Crippen molar-refractivity contribution < 1.29 is 14.6 Å². The zero-order chi connectivity index (χ0) is 15.8. The summed E-state index contributed by atoms with van der Waals surface area (Å²) < 4.78 is 10.2. The molecule has 0 spiro atoms. The maximum Gasteiger partial charge on any atom is 0.0693 e. The Morgan fingerprint density at radius 2 is 1.38 bits per heavy atom. The Labute approximate surface area is 131 Å². The van der Waals surface area contributed by atoms with E-state index in [2.05, 4.69) is 11.3 Å². The molecule has 21 heavy (non-hydrogen) atoms. The standard InChI is InChI=1S/C12H22O.C3H8O2.C3H6/c1-2-6-11(5-1)9-13-10-12-7-3-4-8-12;1-5-3-2-4;1-3-2/h11-12H,1-10H2;4H,2-3H2,1H3;3H,1H2,2H3.